The summed E-state index contributed by atoms with van der Waals surface area (Å²) in [6.45, 7) is -0.0293. The highest BCUT2D eigenvalue weighted by Gasteiger charge is 2.41. The van der Waals surface area contributed by atoms with Crippen LogP contribution in [-0.4, -0.2) is 37.8 Å². The molecule has 0 fully saturated rings. The van der Waals surface area contributed by atoms with Crippen molar-refractivity contribution in [3.05, 3.63) is 75.6 Å². The molecule has 0 saturated heterocycles. The minimum atomic E-state index is -4.91. The van der Waals surface area contributed by atoms with E-state index in [0.29, 0.717) is 10.2 Å². The smallest absolute Gasteiger partial charge is 0.337 e. The highest BCUT2D eigenvalue weighted by Crippen LogP contribution is 2.33. The number of amides is 1. The van der Waals surface area contributed by atoms with Crippen molar-refractivity contribution >= 4 is 5.91 Å². The van der Waals surface area contributed by atoms with Crippen LogP contribution in [0.3, 0.4) is 0 Å². The zero-order valence-corrected chi connectivity index (χ0v) is 14.4. The summed E-state index contributed by atoms with van der Waals surface area (Å²) in [6, 6.07) is 7.28. The molecule has 0 spiro atoms. The number of nitrogens with zero attached hydrogens (tertiary/aromatic N) is 4. The molecular weight excluding hydrogens is 382 g/mol. The second kappa shape index (κ2) is 7.25. The molecule has 1 N–H and O–H groups in total. The lowest BCUT2D eigenvalue weighted by atomic mass is 10.1. The van der Waals surface area contributed by atoms with E-state index in [4.69, 9.17) is 0 Å². The van der Waals surface area contributed by atoms with E-state index in [-0.39, 0.29) is 12.4 Å². The summed E-state index contributed by atoms with van der Waals surface area (Å²) in [4.78, 5) is 24.7. The second-order valence-electron chi connectivity index (χ2n) is 5.88. The lowest BCUT2D eigenvalue weighted by molar-refractivity contribution is -0.143. The van der Waals surface area contributed by atoms with Crippen molar-refractivity contribution in [2.24, 2.45) is 0 Å². The first-order valence-corrected chi connectivity index (χ1v) is 7.88. The van der Waals surface area contributed by atoms with Crippen molar-refractivity contribution in [2.45, 2.75) is 12.7 Å². The van der Waals surface area contributed by atoms with E-state index >= 15 is 0 Å². The van der Waals surface area contributed by atoms with Gasteiger partial charge in [0.05, 0.1) is 11.8 Å². The first kappa shape index (κ1) is 19.3. The Bertz CT molecular complexity index is 1040. The molecule has 3 aromatic rings. The zero-order valence-electron chi connectivity index (χ0n) is 14.4. The van der Waals surface area contributed by atoms with Crippen LogP contribution in [0.2, 0.25) is 0 Å². The van der Waals surface area contributed by atoms with Crippen LogP contribution >= 0.6 is 0 Å². The zero-order chi connectivity index (χ0) is 20.5. The number of hydrogen-bond acceptors (Lipinski definition) is 4. The van der Waals surface area contributed by atoms with Crippen LogP contribution in [0, 0.1) is 5.82 Å². The minimum Gasteiger partial charge on any atom is -0.337 e. The third kappa shape index (κ3) is 3.92. The molecule has 3 rings (SSSR count). The SMILES string of the molecule is CN(Cc1ccc(F)cc1)C(=O)c1cnn(-c2ccc(=O)[nH]n2)c1C(F)(F)F. The maximum absolute atomic E-state index is 13.6. The van der Waals surface area contributed by atoms with E-state index in [1.807, 2.05) is 5.10 Å². The first-order chi connectivity index (χ1) is 13.2. The fraction of sp³-hybridized carbons (Fsp3) is 0.176. The van der Waals surface area contributed by atoms with Gasteiger partial charge < -0.3 is 4.90 Å². The van der Waals surface area contributed by atoms with E-state index in [0.717, 1.165) is 23.2 Å². The largest absolute Gasteiger partial charge is 0.434 e. The molecule has 0 aliphatic carbocycles. The first-order valence-electron chi connectivity index (χ1n) is 7.88. The summed E-state index contributed by atoms with van der Waals surface area (Å²) < 4.78 is 54.3. The third-order valence-corrected chi connectivity index (χ3v) is 3.83. The highest BCUT2D eigenvalue weighted by atomic mass is 19.4. The van der Waals surface area contributed by atoms with E-state index in [2.05, 4.69) is 10.2 Å². The Hall–Kier alpha value is -3.50. The average Bonchev–Trinajstić information content (AvgIpc) is 3.09. The van der Waals surface area contributed by atoms with E-state index in [1.165, 1.54) is 31.3 Å². The maximum Gasteiger partial charge on any atom is 0.434 e. The summed E-state index contributed by atoms with van der Waals surface area (Å²) in [6.07, 6.45) is -4.12. The topological polar surface area (TPSA) is 83.9 Å². The summed E-state index contributed by atoms with van der Waals surface area (Å²) in [5, 5.41) is 9.15. The van der Waals surface area contributed by atoms with Gasteiger partial charge in [-0.3, -0.25) is 9.59 Å². The lowest BCUT2D eigenvalue weighted by Crippen LogP contribution is -2.29. The molecule has 11 heteroatoms. The molecule has 7 nitrogen and oxygen atoms in total. The van der Waals surface area contributed by atoms with Gasteiger partial charge in [0.25, 0.3) is 11.5 Å². The van der Waals surface area contributed by atoms with Gasteiger partial charge in [-0.2, -0.15) is 23.4 Å². The number of nitrogens with one attached hydrogen (secondary N) is 1. The molecule has 28 heavy (non-hydrogen) atoms. The number of alkyl halides is 3. The molecule has 0 saturated carbocycles. The highest BCUT2D eigenvalue weighted by molar-refractivity contribution is 5.95. The van der Waals surface area contributed by atoms with Gasteiger partial charge in [0.2, 0.25) is 0 Å². The summed E-state index contributed by atoms with van der Waals surface area (Å²) in [7, 11) is 1.32. The number of hydrogen-bond donors (Lipinski definition) is 1. The minimum absolute atomic E-state index is 0.0293. The Kier molecular flexibility index (Phi) is 4.99. The molecule has 0 atom stereocenters. The van der Waals surface area contributed by atoms with Crippen LogP contribution in [0.15, 0.2) is 47.4 Å². The van der Waals surface area contributed by atoms with Gasteiger partial charge in [0.15, 0.2) is 11.5 Å². The summed E-state index contributed by atoms with van der Waals surface area (Å²) in [5.74, 6) is -1.69. The summed E-state index contributed by atoms with van der Waals surface area (Å²) in [5.41, 5.74) is -2.05. The Labute approximate surface area is 155 Å². The molecule has 0 aliphatic rings. The molecule has 146 valence electrons. The molecule has 0 bridgehead atoms. The number of carbonyl (C=O) groups excluding carboxylic acids is 1. The van der Waals surface area contributed by atoms with Crippen LogP contribution in [0.4, 0.5) is 17.6 Å². The Morgan fingerprint density at radius 2 is 1.86 bits per heavy atom. The number of halogens is 4. The van der Waals surface area contributed by atoms with Crippen molar-refractivity contribution in [1.29, 1.82) is 0 Å². The van der Waals surface area contributed by atoms with E-state index in [1.54, 1.807) is 0 Å². The normalized spacial score (nSPS) is 11.5. The quantitative estimate of drug-likeness (QED) is 0.688. The van der Waals surface area contributed by atoms with Crippen molar-refractivity contribution in [2.75, 3.05) is 7.05 Å². The van der Waals surface area contributed by atoms with Gasteiger partial charge in [-0.15, -0.1) is 0 Å². The van der Waals surface area contributed by atoms with Crippen LogP contribution < -0.4 is 5.56 Å². The van der Waals surface area contributed by atoms with Gasteiger partial charge >= 0.3 is 6.18 Å². The third-order valence-electron chi connectivity index (χ3n) is 3.83. The van der Waals surface area contributed by atoms with E-state index < -0.39 is 34.7 Å². The molecule has 0 aliphatic heterocycles. The Balaban J connectivity index is 1.96. The van der Waals surface area contributed by atoms with Gasteiger partial charge in [-0.25, -0.2) is 14.2 Å². The predicted molar refractivity (Wildman–Crippen MR) is 89.2 cm³/mol. The molecule has 2 heterocycles. The van der Waals surface area contributed by atoms with Gasteiger partial charge in [-0.05, 0) is 23.8 Å². The average molecular weight is 395 g/mol. The molecule has 1 aromatic carbocycles. The van der Waals surface area contributed by atoms with E-state index in [9.17, 15) is 27.2 Å². The van der Waals surface area contributed by atoms with Crippen LogP contribution in [0.25, 0.3) is 5.82 Å². The van der Waals surface area contributed by atoms with Crippen LogP contribution in [0.5, 0.6) is 0 Å². The number of carbonyl (C=O) groups is 1. The molecule has 0 unspecified atom stereocenters. The molecule has 2 aromatic heterocycles. The predicted octanol–water partition coefficient (Wildman–Crippen LogP) is 2.39. The maximum atomic E-state index is 13.6. The van der Waals surface area contributed by atoms with Gasteiger partial charge in [-0.1, -0.05) is 12.1 Å². The second-order valence-corrected chi connectivity index (χ2v) is 5.88. The molecule has 1 amide bonds. The van der Waals surface area contributed by atoms with Crippen molar-refractivity contribution in [1.82, 2.24) is 24.9 Å². The van der Waals surface area contributed by atoms with Crippen LogP contribution in [-0.2, 0) is 12.7 Å². The van der Waals surface area contributed by atoms with Crippen LogP contribution in [0.1, 0.15) is 21.6 Å². The fourth-order valence-electron chi connectivity index (χ4n) is 2.55. The summed E-state index contributed by atoms with van der Waals surface area (Å²) >= 11 is 0. The number of rotatable bonds is 4. The van der Waals surface area contributed by atoms with Gasteiger partial charge in [0, 0.05) is 19.7 Å². The number of aromatic nitrogens is 4. The number of benzene rings is 1. The number of aromatic amines is 1. The molecular formula is C17H13F4N5O2. The standard InChI is InChI=1S/C17H13F4N5O2/c1-25(9-10-2-4-11(18)5-3-10)16(28)12-8-22-26(15(12)17(19,20)21)13-6-7-14(27)24-23-13/h2-8H,9H2,1H3,(H,24,27). The van der Waals surface area contributed by atoms with Crippen molar-refractivity contribution < 1.29 is 22.4 Å². The van der Waals surface area contributed by atoms with Crippen molar-refractivity contribution in [3.8, 4) is 5.82 Å². The molecule has 0 radical (unpaired) electrons. The number of H-pyrrole nitrogens is 1. The monoisotopic (exact) mass is 395 g/mol. The Morgan fingerprint density at radius 3 is 2.43 bits per heavy atom. The van der Waals surface area contributed by atoms with Crippen molar-refractivity contribution in [3.63, 3.8) is 0 Å². The van der Waals surface area contributed by atoms with Gasteiger partial charge in [0.1, 0.15) is 5.82 Å². The Morgan fingerprint density at radius 1 is 1.18 bits per heavy atom. The fourth-order valence-corrected chi connectivity index (χ4v) is 2.55. The lowest BCUT2D eigenvalue weighted by Gasteiger charge is -2.18.